The molecule has 5 heteroatoms. The molecule has 24 heavy (non-hydrogen) atoms. The SMILES string of the molecule is CC(C)(C)OC(=O)N1CCC(CCCCc2cc(Br)ccn2)CC1. The summed E-state index contributed by atoms with van der Waals surface area (Å²) in [7, 11) is 0. The fourth-order valence-electron chi connectivity index (χ4n) is 3.06. The minimum absolute atomic E-state index is 0.165. The summed E-state index contributed by atoms with van der Waals surface area (Å²) in [5, 5.41) is 0. The van der Waals surface area contributed by atoms with Crippen LogP contribution in [0.2, 0.25) is 0 Å². The van der Waals surface area contributed by atoms with Gasteiger partial charge in [-0.1, -0.05) is 28.8 Å². The maximum Gasteiger partial charge on any atom is 0.410 e. The van der Waals surface area contributed by atoms with E-state index < -0.39 is 5.60 Å². The normalized spacial score (nSPS) is 16.2. The summed E-state index contributed by atoms with van der Waals surface area (Å²) >= 11 is 3.49. The van der Waals surface area contributed by atoms with E-state index in [0.717, 1.165) is 48.4 Å². The predicted molar refractivity (Wildman–Crippen MR) is 100 cm³/mol. The lowest BCUT2D eigenvalue weighted by molar-refractivity contribution is 0.0180. The molecule has 0 aromatic carbocycles. The summed E-state index contributed by atoms with van der Waals surface area (Å²) in [5.41, 5.74) is 0.748. The van der Waals surface area contributed by atoms with Crippen LogP contribution in [0.5, 0.6) is 0 Å². The number of amides is 1. The molecule has 1 saturated heterocycles. The van der Waals surface area contributed by atoms with Gasteiger partial charge >= 0.3 is 6.09 Å². The Balaban J connectivity index is 1.62. The fraction of sp³-hybridized carbons (Fsp3) is 0.684. The van der Waals surface area contributed by atoms with E-state index in [4.69, 9.17) is 4.74 Å². The Morgan fingerprint density at radius 2 is 2.04 bits per heavy atom. The number of hydrogen-bond donors (Lipinski definition) is 0. The Hall–Kier alpha value is -1.10. The van der Waals surface area contributed by atoms with Crippen LogP contribution in [0.3, 0.4) is 0 Å². The summed E-state index contributed by atoms with van der Waals surface area (Å²) in [5.74, 6) is 0.735. The Bertz CT molecular complexity index is 534. The zero-order chi connectivity index (χ0) is 17.6. The lowest BCUT2D eigenvalue weighted by Crippen LogP contribution is -2.41. The van der Waals surface area contributed by atoms with Crippen molar-refractivity contribution >= 4 is 22.0 Å². The molecule has 1 aromatic heterocycles. The average Bonchev–Trinajstić information content (AvgIpc) is 2.50. The van der Waals surface area contributed by atoms with Gasteiger partial charge in [0.1, 0.15) is 5.60 Å². The smallest absolute Gasteiger partial charge is 0.410 e. The quantitative estimate of drug-likeness (QED) is 0.641. The van der Waals surface area contributed by atoms with Crippen molar-refractivity contribution in [1.82, 2.24) is 9.88 Å². The van der Waals surface area contributed by atoms with Crippen LogP contribution in [0.1, 0.15) is 58.6 Å². The van der Waals surface area contributed by atoms with Gasteiger partial charge in [0.25, 0.3) is 0 Å². The number of halogens is 1. The highest BCUT2D eigenvalue weighted by atomic mass is 79.9. The zero-order valence-corrected chi connectivity index (χ0v) is 16.6. The fourth-order valence-corrected chi connectivity index (χ4v) is 3.44. The van der Waals surface area contributed by atoms with Gasteiger partial charge in [-0.15, -0.1) is 0 Å². The lowest BCUT2D eigenvalue weighted by atomic mass is 9.91. The Morgan fingerprint density at radius 3 is 2.67 bits per heavy atom. The van der Waals surface area contributed by atoms with Gasteiger partial charge in [-0.3, -0.25) is 4.98 Å². The lowest BCUT2D eigenvalue weighted by Gasteiger charge is -2.33. The molecule has 0 N–H and O–H groups in total. The minimum atomic E-state index is -0.408. The summed E-state index contributed by atoms with van der Waals surface area (Å²) < 4.78 is 6.54. The van der Waals surface area contributed by atoms with Gasteiger partial charge in [0, 0.05) is 29.5 Å². The van der Waals surface area contributed by atoms with Crippen LogP contribution >= 0.6 is 15.9 Å². The molecular weight excluding hydrogens is 368 g/mol. The van der Waals surface area contributed by atoms with Crippen LogP contribution in [0, 0.1) is 5.92 Å². The second kappa shape index (κ2) is 8.84. The number of unbranched alkanes of at least 4 members (excludes halogenated alkanes) is 1. The van der Waals surface area contributed by atoms with E-state index in [0.29, 0.717) is 0 Å². The molecule has 2 heterocycles. The molecular formula is C19H29BrN2O2. The van der Waals surface area contributed by atoms with E-state index in [1.165, 1.54) is 19.3 Å². The van der Waals surface area contributed by atoms with Crippen molar-refractivity contribution in [3.05, 3.63) is 28.5 Å². The minimum Gasteiger partial charge on any atom is -0.444 e. The first-order valence-corrected chi connectivity index (χ1v) is 9.71. The highest BCUT2D eigenvalue weighted by Gasteiger charge is 2.26. The molecule has 0 radical (unpaired) electrons. The van der Waals surface area contributed by atoms with E-state index in [-0.39, 0.29) is 6.09 Å². The monoisotopic (exact) mass is 396 g/mol. The summed E-state index contributed by atoms with van der Waals surface area (Å²) in [4.78, 5) is 18.3. The average molecular weight is 397 g/mol. The first-order valence-electron chi connectivity index (χ1n) is 8.92. The summed E-state index contributed by atoms with van der Waals surface area (Å²) in [6, 6.07) is 4.06. The van der Waals surface area contributed by atoms with Crippen molar-refractivity contribution in [3.63, 3.8) is 0 Å². The number of nitrogens with zero attached hydrogens (tertiary/aromatic N) is 2. The summed E-state index contributed by atoms with van der Waals surface area (Å²) in [6.07, 6.45) is 8.56. The van der Waals surface area contributed by atoms with E-state index >= 15 is 0 Å². The van der Waals surface area contributed by atoms with E-state index in [1.54, 1.807) is 0 Å². The van der Waals surface area contributed by atoms with Crippen molar-refractivity contribution in [3.8, 4) is 0 Å². The van der Waals surface area contributed by atoms with Crippen molar-refractivity contribution in [1.29, 1.82) is 0 Å². The zero-order valence-electron chi connectivity index (χ0n) is 15.1. The number of ether oxygens (including phenoxy) is 1. The van der Waals surface area contributed by atoms with Crippen LogP contribution in [-0.2, 0) is 11.2 Å². The molecule has 0 saturated carbocycles. The number of carbonyl (C=O) groups excluding carboxylic acids is 1. The van der Waals surface area contributed by atoms with Crippen molar-refractivity contribution in [2.75, 3.05) is 13.1 Å². The van der Waals surface area contributed by atoms with E-state index in [2.05, 4.69) is 27.0 Å². The van der Waals surface area contributed by atoms with Crippen LogP contribution in [0.4, 0.5) is 4.79 Å². The van der Waals surface area contributed by atoms with Crippen LogP contribution < -0.4 is 0 Å². The topological polar surface area (TPSA) is 42.4 Å². The van der Waals surface area contributed by atoms with Gasteiger partial charge in [0.05, 0.1) is 0 Å². The highest BCUT2D eigenvalue weighted by Crippen LogP contribution is 2.24. The standard InChI is InChI=1S/C19H29BrN2O2/c1-19(2,3)24-18(23)22-12-9-15(10-13-22)6-4-5-7-17-14-16(20)8-11-21-17/h8,11,14-15H,4-7,9-10,12-13H2,1-3H3. The van der Waals surface area contributed by atoms with Gasteiger partial charge in [0.15, 0.2) is 0 Å². The number of piperidine rings is 1. The molecule has 0 unspecified atom stereocenters. The van der Waals surface area contributed by atoms with E-state index in [1.807, 2.05) is 37.9 Å². The molecule has 0 atom stereocenters. The first kappa shape index (κ1) is 19.2. The second-order valence-corrected chi connectivity index (χ2v) is 8.54. The number of aromatic nitrogens is 1. The van der Waals surface area contributed by atoms with Crippen LogP contribution in [-0.4, -0.2) is 34.7 Å². The Labute approximate surface area is 154 Å². The number of aryl methyl sites for hydroxylation is 1. The molecule has 1 amide bonds. The number of carbonyl (C=O) groups is 1. The number of likely N-dealkylation sites (tertiary alicyclic amines) is 1. The van der Waals surface area contributed by atoms with Gasteiger partial charge in [-0.25, -0.2) is 4.79 Å². The first-order chi connectivity index (χ1) is 11.3. The van der Waals surface area contributed by atoms with Crippen LogP contribution in [0.15, 0.2) is 22.8 Å². The molecule has 1 aliphatic rings. The van der Waals surface area contributed by atoms with Crippen molar-refractivity contribution in [2.24, 2.45) is 5.92 Å². The second-order valence-electron chi connectivity index (χ2n) is 7.62. The predicted octanol–water partition coefficient (Wildman–Crippen LogP) is 5.20. The Morgan fingerprint density at radius 1 is 1.33 bits per heavy atom. The molecule has 0 bridgehead atoms. The number of hydrogen-bond acceptors (Lipinski definition) is 3. The van der Waals surface area contributed by atoms with Crippen molar-refractivity contribution < 1.29 is 9.53 Å². The Kier molecular flexibility index (Phi) is 7.08. The highest BCUT2D eigenvalue weighted by molar-refractivity contribution is 9.10. The third-order valence-corrected chi connectivity index (χ3v) is 4.83. The van der Waals surface area contributed by atoms with Gasteiger partial charge in [-0.05, 0) is 64.5 Å². The molecule has 1 aromatic rings. The number of rotatable bonds is 5. The molecule has 2 rings (SSSR count). The molecule has 1 fully saturated rings. The van der Waals surface area contributed by atoms with Crippen LogP contribution in [0.25, 0.3) is 0 Å². The number of pyridine rings is 1. The van der Waals surface area contributed by atoms with Crippen molar-refractivity contribution in [2.45, 2.75) is 64.9 Å². The van der Waals surface area contributed by atoms with Gasteiger partial charge < -0.3 is 9.64 Å². The van der Waals surface area contributed by atoms with Gasteiger partial charge in [-0.2, -0.15) is 0 Å². The third kappa shape index (κ3) is 6.80. The summed E-state index contributed by atoms with van der Waals surface area (Å²) in [6.45, 7) is 7.40. The molecule has 1 aliphatic heterocycles. The maximum atomic E-state index is 12.1. The largest absolute Gasteiger partial charge is 0.444 e. The molecule has 0 spiro atoms. The van der Waals surface area contributed by atoms with Gasteiger partial charge in [0.2, 0.25) is 0 Å². The molecule has 0 aliphatic carbocycles. The van der Waals surface area contributed by atoms with E-state index in [9.17, 15) is 4.79 Å². The molecule has 4 nitrogen and oxygen atoms in total. The third-order valence-electron chi connectivity index (χ3n) is 4.34. The maximum absolute atomic E-state index is 12.1. The molecule has 134 valence electrons.